The molecule has 0 amide bonds. The summed E-state index contributed by atoms with van der Waals surface area (Å²) in [4.78, 5) is 2.55. The Morgan fingerprint density at radius 1 is 0.864 bits per heavy atom. The van der Waals surface area contributed by atoms with E-state index in [4.69, 9.17) is 5.73 Å². The number of hydrogen-bond donors (Lipinski definition) is 1. The Morgan fingerprint density at radius 3 is 1.95 bits per heavy atom. The van der Waals surface area contributed by atoms with Gasteiger partial charge in [-0.1, -0.05) is 60.7 Å². The maximum atomic E-state index is 6.15. The van der Waals surface area contributed by atoms with E-state index in [9.17, 15) is 0 Å². The van der Waals surface area contributed by atoms with Crippen molar-refractivity contribution >= 4 is 12.4 Å². The van der Waals surface area contributed by atoms with Crippen molar-refractivity contribution in [1.82, 2.24) is 4.90 Å². The first-order valence-electron chi connectivity index (χ1n) is 7.84. The standard InChI is InChI=1S/C19H24N2.ClH/c20-16-19(18-9-5-2-6-10-18)11-13-21(14-12-19)15-17-7-3-1-4-8-17;/h1-10H,11-16,20H2;1H. The molecule has 0 aromatic heterocycles. The highest BCUT2D eigenvalue weighted by Gasteiger charge is 2.34. The van der Waals surface area contributed by atoms with E-state index in [1.807, 2.05) is 0 Å². The van der Waals surface area contributed by atoms with Crippen molar-refractivity contribution in [2.45, 2.75) is 24.8 Å². The van der Waals surface area contributed by atoms with Crippen LogP contribution in [-0.4, -0.2) is 24.5 Å². The van der Waals surface area contributed by atoms with Crippen LogP contribution in [0.4, 0.5) is 0 Å². The van der Waals surface area contributed by atoms with E-state index >= 15 is 0 Å². The summed E-state index contributed by atoms with van der Waals surface area (Å²) >= 11 is 0. The summed E-state index contributed by atoms with van der Waals surface area (Å²) in [5.74, 6) is 0. The Balaban J connectivity index is 0.00000176. The van der Waals surface area contributed by atoms with Gasteiger partial charge in [-0.3, -0.25) is 4.90 Å². The monoisotopic (exact) mass is 316 g/mol. The predicted molar refractivity (Wildman–Crippen MR) is 95.4 cm³/mol. The van der Waals surface area contributed by atoms with Crippen LogP contribution in [-0.2, 0) is 12.0 Å². The summed E-state index contributed by atoms with van der Waals surface area (Å²) in [6.45, 7) is 4.05. The van der Waals surface area contributed by atoms with Crippen LogP contribution in [0.1, 0.15) is 24.0 Å². The predicted octanol–water partition coefficient (Wildman–Crippen LogP) is 3.60. The Morgan fingerprint density at radius 2 is 1.41 bits per heavy atom. The van der Waals surface area contributed by atoms with Crippen molar-refractivity contribution in [2.75, 3.05) is 19.6 Å². The lowest BCUT2D eigenvalue weighted by Crippen LogP contribution is -2.46. The van der Waals surface area contributed by atoms with E-state index < -0.39 is 0 Å². The summed E-state index contributed by atoms with van der Waals surface area (Å²) in [5.41, 5.74) is 9.13. The smallest absolute Gasteiger partial charge is 0.0233 e. The van der Waals surface area contributed by atoms with Crippen molar-refractivity contribution in [3.05, 3.63) is 71.8 Å². The molecule has 0 aliphatic carbocycles. The van der Waals surface area contributed by atoms with Gasteiger partial charge in [0.15, 0.2) is 0 Å². The molecule has 2 aromatic carbocycles. The van der Waals surface area contributed by atoms with Crippen LogP contribution in [0.5, 0.6) is 0 Å². The van der Waals surface area contributed by atoms with Gasteiger partial charge in [0.05, 0.1) is 0 Å². The van der Waals surface area contributed by atoms with Crippen molar-refractivity contribution < 1.29 is 0 Å². The lowest BCUT2D eigenvalue weighted by Gasteiger charge is -2.41. The molecule has 1 saturated heterocycles. The SMILES string of the molecule is Cl.NCC1(c2ccccc2)CCN(Cc2ccccc2)CC1. The lowest BCUT2D eigenvalue weighted by molar-refractivity contribution is 0.156. The van der Waals surface area contributed by atoms with E-state index in [0.29, 0.717) is 0 Å². The van der Waals surface area contributed by atoms with Gasteiger partial charge in [-0.05, 0) is 37.1 Å². The molecular formula is C19H25ClN2. The molecule has 0 radical (unpaired) electrons. The molecule has 0 saturated carbocycles. The highest BCUT2D eigenvalue weighted by Crippen LogP contribution is 2.34. The molecule has 1 aliphatic heterocycles. The maximum Gasteiger partial charge on any atom is 0.0233 e. The molecule has 0 spiro atoms. The third-order valence-corrected chi connectivity index (χ3v) is 4.84. The molecule has 0 bridgehead atoms. The van der Waals surface area contributed by atoms with Gasteiger partial charge in [-0.25, -0.2) is 0 Å². The molecule has 3 heteroatoms. The molecular weight excluding hydrogens is 292 g/mol. The fourth-order valence-electron chi connectivity index (χ4n) is 3.38. The van der Waals surface area contributed by atoms with Crippen LogP contribution < -0.4 is 5.73 Å². The van der Waals surface area contributed by atoms with Crippen molar-refractivity contribution in [1.29, 1.82) is 0 Å². The van der Waals surface area contributed by atoms with Crippen LogP contribution in [0.25, 0.3) is 0 Å². The molecule has 2 N–H and O–H groups in total. The van der Waals surface area contributed by atoms with Crippen molar-refractivity contribution in [3.63, 3.8) is 0 Å². The number of piperidine rings is 1. The van der Waals surface area contributed by atoms with Gasteiger partial charge in [0.25, 0.3) is 0 Å². The third kappa shape index (κ3) is 3.70. The van der Waals surface area contributed by atoms with E-state index in [-0.39, 0.29) is 17.8 Å². The first-order chi connectivity index (χ1) is 10.3. The second-order valence-electron chi connectivity index (χ2n) is 6.11. The first kappa shape index (κ1) is 17.0. The molecule has 118 valence electrons. The zero-order chi connectivity index (χ0) is 14.5. The van der Waals surface area contributed by atoms with Gasteiger partial charge in [0.1, 0.15) is 0 Å². The number of nitrogens with zero attached hydrogens (tertiary/aromatic N) is 1. The van der Waals surface area contributed by atoms with Crippen molar-refractivity contribution in [3.8, 4) is 0 Å². The average Bonchev–Trinajstić information content (AvgIpc) is 2.58. The van der Waals surface area contributed by atoms with Crippen LogP contribution in [0.3, 0.4) is 0 Å². The topological polar surface area (TPSA) is 29.3 Å². The first-order valence-corrected chi connectivity index (χ1v) is 7.84. The summed E-state index contributed by atoms with van der Waals surface area (Å²) in [5, 5.41) is 0. The average molecular weight is 317 g/mol. The highest BCUT2D eigenvalue weighted by atomic mass is 35.5. The quantitative estimate of drug-likeness (QED) is 0.934. The number of hydrogen-bond acceptors (Lipinski definition) is 2. The molecule has 22 heavy (non-hydrogen) atoms. The number of benzene rings is 2. The van der Waals surface area contributed by atoms with E-state index in [1.165, 1.54) is 11.1 Å². The fourth-order valence-corrected chi connectivity index (χ4v) is 3.38. The molecule has 0 atom stereocenters. The number of rotatable bonds is 4. The number of likely N-dealkylation sites (tertiary alicyclic amines) is 1. The summed E-state index contributed by atoms with van der Waals surface area (Å²) < 4.78 is 0. The van der Waals surface area contributed by atoms with E-state index in [1.54, 1.807) is 0 Å². The highest BCUT2D eigenvalue weighted by molar-refractivity contribution is 5.85. The second kappa shape index (κ2) is 7.77. The van der Waals surface area contributed by atoms with E-state index in [0.717, 1.165) is 39.0 Å². The molecule has 2 nitrogen and oxygen atoms in total. The minimum Gasteiger partial charge on any atom is -0.330 e. The molecule has 0 unspecified atom stereocenters. The van der Waals surface area contributed by atoms with Crippen LogP contribution in [0.2, 0.25) is 0 Å². The summed E-state index contributed by atoms with van der Waals surface area (Å²) in [6, 6.07) is 21.5. The van der Waals surface area contributed by atoms with Gasteiger partial charge in [0, 0.05) is 18.5 Å². The summed E-state index contributed by atoms with van der Waals surface area (Å²) in [7, 11) is 0. The normalized spacial score (nSPS) is 17.7. The van der Waals surface area contributed by atoms with Gasteiger partial charge in [-0.2, -0.15) is 0 Å². The number of nitrogens with two attached hydrogens (primary N) is 1. The molecule has 3 rings (SSSR count). The number of halogens is 1. The Bertz CT molecular complexity index is 548. The van der Waals surface area contributed by atoms with Gasteiger partial charge in [-0.15, -0.1) is 12.4 Å². The van der Waals surface area contributed by atoms with Crippen LogP contribution in [0, 0.1) is 0 Å². The molecule has 1 aliphatic rings. The van der Waals surface area contributed by atoms with Crippen LogP contribution >= 0.6 is 12.4 Å². The Hall–Kier alpha value is -1.35. The maximum absolute atomic E-state index is 6.15. The second-order valence-corrected chi connectivity index (χ2v) is 6.11. The van der Waals surface area contributed by atoms with Crippen LogP contribution in [0.15, 0.2) is 60.7 Å². The molecule has 2 aromatic rings. The minimum absolute atomic E-state index is 0. The largest absolute Gasteiger partial charge is 0.330 e. The lowest BCUT2D eigenvalue weighted by atomic mass is 9.73. The third-order valence-electron chi connectivity index (χ3n) is 4.84. The summed E-state index contributed by atoms with van der Waals surface area (Å²) in [6.07, 6.45) is 2.31. The fraction of sp³-hybridized carbons (Fsp3) is 0.368. The van der Waals surface area contributed by atoms with Crippen molar-refractivity contribution in [2.24, 2.45) is 5.73 Å². The van der Waals surface area contributed by atoms with Gasteiger partial charge in [0.2, 0.25) is 0 Å². The minimum atomic E-state index is 0. The molecule has 1 fully saturated rings. The van der Waals surface area contributed by atoms with Gasteiger partial charge < -0.3 is 5.73 Å². The zero-order valence-electron chi connectivity index (χ0n) is 12.9. The Labute approximate surface area is 139 Å². The van der Waals surface area contributed by atoms with E-state index in [2.05, 4.69) is 65.6 Å². The van der Waals surface area contributed by atoms with Gasteiger partial charge >= 0.3 is 0 Å². The Kier molecular flexibility index (Phi) is 6.01. The zero-order valence-corrected chi connectivity index (χ0v) is 13.8. The molecule has 1 heterocycles.